The van der Waals surface area contributed by atoms with E-state index in [0.29, 0.717) is 17.2 Å². The summed E-state index contributed by atoms with van der Waals surface area (Å²) in [6, 6.07) is 1.16. The molecule has 2 amide bonds. The lowest BCUT2D eigenvalue weighted by Gasteiger charge is -2.30. The molecule has 0 radical (unpaired) electrons. The highest BCUT2D eigenvalue weighted by Crippen LogP contribution is 2.30. The number of carbonyl (C=O) groups excluding carboxylic acids is 2. The summed E-state index contributed by atoms with van der Waals surface area (Å²) >= 11 is 0. The highest BCUT2D eigenvalue weighted by molar-refractivity contribution is 5.94. The van der Waals surface area contributed by atoms with Crippen LogP contribution in [0.4, 0.5) is 0 Å². The highest BCUT2D eigenvalue weighted by atomic mass is 16.5. The van der Waals surface area contributed by atoms with Crippen molar-refractivity contribution in [3.8, 4) is 11.5 Å². The van der Waals surface area contributed by atoms with Crippen LogP contribution >= 0.6 is 0 Å². The van der Waals surface area contributed by atoms with E-state index in [4.69, 9.17) is 9.47 Å². The molecule has 2 rings (SSSR count). The zero-order valence-corrected chi connectivity index (χ0v) is 11.7. The van der Waals surface area contributed by atoms with Gasteiger partial charge in [-0.05, 0) is 6.92 Å². The van der Waals surface area contributed by atoms with Gasteiger partial charge in [0, 0.05) is 12.3 Å². The van der Waals surface area contributed by atoms with E-state index in [2.05, 4.69) is 10.3 Å². The minimum absolute atomic E-state index is 0.0191. The van der Waals surface area contributed by atoms with Gasteiger partial charge in [0.25, 0.3) is 0 Å². The van der Waals surface area contributed by atoms with E-state index in [-0.39, 0.29) is 24.9 Å². The lowest BCUT2D eigenvalue weighted by molar-refractivity contribution is -0.144. The summed E-state index contributed by atoms with van der Waals surface area (Å²) in [6.07, 6.45) is 1.58. The van der Waals surface area contributed by atoms with E-state index >= 15 is 0 Å². The second kappa shape index (κ2) is 5.77. The van der Waals surface area contributed by atoms with E-state index in [9.17, 15) is 9.59 Å². The van der Waals surface area contributed by atoms with Gasteiger partial charge in [0.15, 0.2) is 11.5 Å². The molecule has 1 saturated heterocycles. The van der Waals surface area contributed by atoms with Crippen LogP contribution in [0.1, 0.15) is 12.6 Å². The summed E-state index contributed by atoms with van der Waals surface area (Å²) in [5.41, 5.74) is 0.558. The van der Waals surface area contributed by atoms with Gasteiger partial charge in [-0.2, -0.15) is 0 Å². The Hall–Kier alpha value is -2.31. The van der Waals surface area contributed by atoms with Crippen LogP contribution in [0.2, 0.25) is 0 Å². The van der Waals surface area contributed by atoms with Gasteiger partial charge in [-0.3, -0.25) is 14.6 Å². The number of hydrogen-bond acceptors (Lipinski definition) is 5. The molecular weight excluding hydrogens is 262 g/mol. The van der Waals surface area contributed by atoms with Crippen molar-refractivity contribution in [3.63, 3.8) is 0 Å². The number of methoxy groups -OCH3 is 2. The average Bonchev–Trinajstić information content (AvgIpc) is 2.43. The van der Waals surface area contributed by atoms with Crippen molar-refractivity contribution < 1.29 is 19.1 Å². The van der Waals surface area contributed by atoms with Crippen LogP contribution in [0, 0.1) is 0 Å². The normalized spacial score (nSPS) is 18.8. The number of piperazine rings is 1. The topological polar surface area (TPSA) is 80.8 Å². The first-order valence-electron chi connectivity index (χ1n) is 6.20. The molecule has 20 heavy (non-hydrogen) atoms. The summed E-state index contributed by atoms with van der Waals surface area (Å²) in [6.45, 7) is 1.88. The van der Waals surface area contributed by atoms with Crippen LogP contribution in [-0.4, -0.2) is 48.5 Å². The van der Waals surface area contributed by atoms with Crippen molar-refractivity contribution in [1.29, 1.82) is 0 Å². The van der Waals surface area contributed by atoms with Gasteiger partial charge in [0.05, 0.1) is 20.8 Å². The standard InChI is InChI=1S/C13H17N3O4/c1-8-13(18)16(7-11(17)15-8)6-9-12(20-3)10(19-2)4-5-14-9/h4-5,8H,6-7H2,1-3H3,(H,15,17). The number of carbonyl (C=O) groups is 2. The van der Waals surface area contributed by atoms with Crippen LogP contribution in [0.25, 0.3) is 0 Å². The number of aromatic nitrogens is 1. The van der Waals surface area contributed by atoms with Crippen LogP contribution in [0.3, 0.4) is 0 Å². The molecule has 1 unspecified atom stereocenters. The molecule has 7 heteroatoms. The second-order valence-electron chi connectivity index (χ2n) is 4.48. The number of nitrogens with one attached hydrogen (secondary N) is 1. The van der Waals surface area contributed by atoms with Crippen molar-refractivity contribution >= 4 is 11.8 Å². The monoisotopic (exact) mass is 279 g/mol. The molecule has 0 aliphatic carbocycles. The number of nitrogens with zero attached hydrogens (tertiary/aromatic N) is 2. The molecule has 1 aliphatic rings. The van der Waals surface area contributed by atoms with Gasteiger partial charge in [-0.1, -0.05) is 0 Å². The van der Waals surface area contributed by atoms with Crippen LogP contribution < -0.4 is 14.8 Å². The van der Waals surface area contributed by atoms with Crippen molar-refractivity contribution in [2.24, 2.45) is 0 Å². The fourth-order valence-corrected chi connectivity index (χ4v) is 2.15. The summed E-state index contributed by atoms with van der Waals surface area (Å²) in [5, 5.41) is 2.59. The third-order valence-electron chi connectivity index (χ3n) is 3.10. The third kappa shape index (κ3) is 2.66. The molecule has 1 atom stereocenters. The molecule has 0 saturated carbocycles. The first kappa shape index (κ1) is 14.1. The Morgan fingerprint density at radius 2 is 2.15 bits per heavy atom. The van der Waals surface area contributed by atoms with Gasteiger partial charge < -0.3 is 19.7 Å². The Balaban J connectivity index is 2.25. The molecule has 1 fully saturated rings. The van der Waals surface area contributed by atoms with E-state index in [0.717, 1.165) is 0 Å². The van der Waals surface area contributed by atoms with Crippen molar-refractivity contribution in [1.82, 2.24) is 15.2 Å². The molecule has 7 nitrogen and oxygen atoms in total. The average molecular weight is 279 g/mol. The molecule has 108 valence electrons. The SMILES string of the molecule is COc1ccnc(CN2CC(=O)NC(C)C2=O)c1OC. The lowest BCUT2D eigenvalue weighted by Crippen LogP contribution is -2.56. The maximum Gasteiger partial charge on any atom is 0.245 e. The smallest absolute Gasteiger partial charge is 0.245 e. The molecule has 1 aromatic rings. The van der Waals surface area contributed by atoms with E-state index in [1.165, 1.54) is 19.1 Å². The van der Waals surface area contributed by atoms with Crippen molar-refractivity contribution in [2.45, 2.75) is 19.5 Å². The summed E-state index contributed by atoms with van der Waals surface area (Å²) in [5.74, 6) is 0.691. The van der Waals surface area contributed by atoms with Crippen LogP contribution in [0.15, 0.2) is 12.3 Å². The Labute approximate surface area is 116 Å². The van der Waals surface area contributed by atoms with E-state index in [1.807, 2.05) is 0 Å². The zero-order chi connectivity index (χ0) is 14.7. The first-order valence-corrected chi connectivity index (χ1v) is 6.20. The fourth-order valence-electron chi connectivity index (χ4n) is 2.15. The summed E-state index contributed by atoms with van der Waals surface area (Å²) < 4.78 is 10.5. The van der Waals surface area contributed by atoms with Crippen molar-refractivity contribution in [2.75, 3.05) is 20.8 Å². The van der Waals surface area contributed by atoms with E-state index < -0.39 is 6.04 Å². The molecular formula is C13H17N3O4. The first-order chi connectivity index (χ1) is 9.56. The Kier molecular flexibility index (Phi) is 4.07. The molecule has 1 aromatic heterocycles. The van der Waals surface area contributed by atoms with Crippen LogP contribution in [0.5, 0.6) is 11.5 Å². The number of ether oxygens (including phenoxy) is 2. The Morgan fingerprint density at radius 1 is 1.40 bits per heavy atom. The summed E-state index contributed by atoms with van der Waals surface area (Å²) in [4.78, 5) is 29.2. The molecule has 0 aromatic carbocycles. The number of hydrogen-bond donors (Lipinski definition) is 1. The zero-order valence-electron chi connectivity index (χ0n) is 11.7. The van der Waals surface area contributed by atoms with Gasteiger partial charge in [0.1, 0.15) is 18.3 Å². The quantitative estimate of drug-likeness (QED) is 0.835. The van der Waals surface area contributed by atoms with Gasteiger partial charge in [-0.25, -0.2) is 0 Å². The maximum atomic E-state index is 12.0. The third-order valence-corrected chi connectivity index (χ3v) is 3.10. The minimum Gasteiger partial charge on any atom is -0.493 e. The maximum absolute atomic E-state index is 12.0. The van der Waals surface area contributed by atoms with Gasteiger partial charge in [0.2, 0.25) is 11.8 Å². The second-order valence-corrected chi connectivity index (χ2v) is 4.48. The van der Waals surface area contributed by atoms with Gasteiger partial charge in [-0.15, -0.1) is 0 Å². The largest absolute Gasteiger partial charge is 0.493 e. The van der Waals surface area contributed by atoms with E-state index in [1.54, 1.807) is 19.2 Å². The fraction of sp³-hybridized carbons (Fsp3) is 0.462. The number of rotatable bonds is 4. The number of amides is 2. The highest BCUT2D eigenvalue weighted by Gasteiger charge is 2.30. The van der Waals surface area contributed by atoms with Gasteiger partial charge >= 0.3 is 0 Å². The molecule has 1 N–H and O–H groups in total. The minimum atomic E-state index is -0.521. The predicted molar refractivity (Wildman–Crippen MR) is 70.4 cm³/mol. The molecule has 0 bridgehead atoms. The molecule has 1 aliphatic heterocycles. The molecule has 0 spiro atoms. The summed E-state index contributed by atoms with van der Waals surface area (Å²) in [7, 11) is 3.04. The Bertz CT molecular complexity index is 532. The van der Waals surface area contributed by atoms with Crippen molar-refractivity contribution in [3.05, 3.63) is 18.0 Å². The lowest BCUT2D eigenvalue weighted by atomic mass is 10.2. The van der Waals surface area contributed by atoms with Crippen LogP contribution in [-0.2, 0) is 16.1 Å². The number of pyridine rings is 1. The molecule has 2 heterocycles. The Morgan fingerprint density at radius 3 is 2.80 bits per heavy atom. The predicted octanol–water partition coefficient (Wildman–Crippen LogP) is -0.0543.